The Balaban J connectivity index is 2.51. The molecule has 0 aromatic heterocycles. The summed E-state index contributed by atoms with van der Waals surface area (Å²) in [4.78, 5) is 0. The highest BCUT2D eigenvalue weighted by Gasteiger charge is 2.26. The van der Waals surface area contributed by atoms with E-state index in [9.17, 15) is 0 Å². The first-order chi connectivity index (χ1) is 26.3. The second-order valence-electron chi connectivity index (χ2n) is 17.1. The number of nitrogens with zero attached hydrogens (tertiary/aromatic N) is 1. The average molecular weight is 733 g/mol. The number of hydrogen-bond donors (Lipinski definition) is 0. The first kappa shape index (κ1) is 49.4. The summed E-state index contributed by atoms with van der Waals surface area (Å²) in [6.07, 6.45) is 56.7. The molecular weight excluding hydrogens is 639 g/mol. The van der Waals surface area contributed by atoms with Gasteiger partial charge in [0, 0.05) is 5.56 Å². The maximum atomic E-state index is 3.86. The van der Waals surface area contributed by atoms with Crippen molar-refractivity contribution in [3.05, 3.63) is 73.9 Å². The van der Waals surface area contributed by atoms with Crippen molar-refractivity contribution in [3.8, 4) is 0 Å². The molecule has 1 heteroatoms. The molecule has 0 saturated carbocycles. The Morgan fingerprint density at radius 3 is 0.774 bits per heavy atom. The van der Waals surface area contributed by atoms with Gasteiger partial charge in [-0.05, 0) is 77.0 Å². The van der Waals surface area contributed by atoms with E-state index in [2.05, 4.69) is 68.3 Å². The molecule has 0 unspecified atom stereocenters. The van der Waals surface area contributed by atoms with Crippen molar-refractivity contribution in [2.75, 3.05) is 19.6 Å². The van der Waals surface area contributed by atoms with Gasteiger partial charge in [0.15, 0.2) is 0 Å². The molecule has 0 N–H and O–H groups in total. The molecule has 0 heterocycles. The lowest BCUT2D eigenvalue weighted by Gasteiger charge is -2.39. The summed E-state index contributed by atoms with van der Waals surface area (Å²) in [6.45, 7) is 17.0. The average Bonchev–Trinajstić information content (AvgIpc) is 3.17. The predicted molar refractivity (Wildman–Crippen MR) is 242 cm³/mol. The number of rotatable bonds is 44. The van der Waals surface area contributed by atoms with E-state index < -0.39 is 0 Å². The summed E-state index contributed by atoms with van der Waals surface area (Å²) < 4.78 is 1.34. The molecule has 1 nitrogen and oxygen atoms in total. The maximum Gasteiger partial charge on any atom is 0.104 e. The maximum absolute atomic E-state index is 3.86. The first-order valence-electron chi connectivity index (χ1n) is 24.0. The summed E-state index contributed by atoms with van der Waals surface area (Å²) in [5.74, 6) is 0. The molecule has 1 rings (SSSR count). The highest BCUT2D eigenvalue weighted by molar-refractivity contribution is 5.13. The van der Waals surface area contributed by atoms with Crippen LogP contribution in [0.1, 0.15) is 237 Å². The van der Waals surface area contributed by atoms with Crippen LogP contribution in [-0.4, -0.2) is 24.1 Å². The van der Waals surface area contributed by atoms with Crippen LogP contribution in [0.3, 0.4) is 0 Å². The SMILES string of the molecule is C=CCCCCCCCCCCCCC[N+](CCCCCCCCCCCCCC=C)(CCCCCCCCCCCCCC=C)Cc1ccccc1. The minimum absolute atomic E-state index is 1.19. The lowest BCUT2D eigenvalue weighted by atomic mass is 10.0. The van der Waals surface area contributed by atoms with Crippen LogP contribution in [0.25, 0.3) is 0 Å². The van der Waals surface area contributed by atoms with Crippen LogP contribution in [0, 0.1) is 0 Å². The molecule has 0 aliphatic rings. The molecule has 0 amide bonds. The van der Waals surface area contributed by atoms with Crippen molar-refractivity contribution < 1.29 is 4.48 Å². The molecule has 0 bridgehead atoms. The highest BCUT2D eigenvalue weighted by atomic mass is 15.3. The largest absolute Gasteiger partial charge is 0.320 e. The standard InChI is InChI=1S/C52H94N/c1-4-7-10-13-16-19-22-25-28-31-34-37-43-48-53(51-52-46-41-40-42-47-52,49-44-38-35-32-29-26-23-20-17-14-11-8-5-2)50-45-39-36-33-30-27-24-21-18-15-12-9-6-3/h4-6,40-42,46-47H,1-3,7-39,43-45,48-51H2/q+1. The van der Waals surface area contributed by atoms with Gasteiger partial charge >= 0.3 is 0 Å². The molecule has 0 fully saturated rings. The summed E-state index contributed by atoms with van der Waals surface area (Å²) >= 11 is 0. The molecule has 306 valence electrons. The fourth-order valence-corrected chi connectivity index (χ4v) is 8.52. The van der Waals surface area contributed by atoms with E-state index in [1.807, 2.05) is 0 Å². The second-order valence-corrected chi connectivity index (χ2v) is 17.1. The summed E-state index contributed by atoms with van der Waals surface area (Å²) in [6, 6.07) is 11.6. The molecule has 1 aromatic carbocycles. The van der Waals surface area contributed by atoms with E-state index in [1.165, 1.54) is 262 Å². The molecule has 0 spiro atoms. The zero-order chi connectivity index (χ0) is 38.0. The van der Waals surface area contributed by atoms with Crippen molar-refractivity contribution in [2.45, 2.75) is 238 Å². The summed E-state index contributed by atoms with van der Waals surface area (Å²) in [5, 5.41) is 0. The van der Waals surface area contributed by atoms with Crippen LogP contribution >= 0.6 is 0 Å². The van der Waals surface area contributed by atoms with Crippen LogP contribution in [0.2, 0.25) is 0 Å². The van der Waals surface area contributed by atoms with Crippen LogP contribution < -0.4 is 0 Å². The topological polar surface area (TPSA) is 0 Å². The third-order valence-electron chi connectivity index (χ3n) is 12.0. The molecule has 1 aromatic rings. The third-order valence-corrected chi connectivity index (χ3v) is 12.0. The van der Waals surface area contributed by atoms with Gasteiger partial charge in [-0.15, -0.1) is 19.7 Å². The molecule has 0 atom stereocenters. The Kier molecular flexibility index (Phi) is 37.4. The fraction of sp³-hybridized carbons (Fsp3) is 0.769. The van der Waals surface area contributed by atoms with Gasteiger partial charge in [-0.25, -0.2) is 0 Å². The third kappa shape index (κ3) is 33.5. The van der Waals surface area contributed by atoms with Crippen LogP contribution in [-0.2, 0) is 6.54 Å². The van der Waals surface area contributed by atoms with Gasteiger partial charge in [-0.2, -0.15) is 0 Å². The Morgan fingerprint density at radius 2 is 0.528 bits per heavy atom. The van der Waals surface area contributed by atoms with Crippen LogP contribution in [0.5, 0.6) is 0 Å². The zero-order valence-electron chi connectivity index (χ0n) is 36.0. The second kappa shape index (κ2) is 40.1. The van der Waals surface area contributed by atoms with Gasteiger partial charge in [-0.1, -0.05) is 203 Å². The number of benzene rings is 1. The van der Waals surface area contributed by atoms with Crippen molar-refractivity contribution in [2.24, 2.45) is 0 Å². The van der Waals surface area contributed by atoms with E-state index in [4.69, 9.17) is 0 Å². The van der Waals surface area contributed by atoms with E-state index >= 15 is 0 Å². The van der Waals surface area contributed by atoms with E-state index in [-0.39, 0.29) is 0 Å². The molecule has 0 aliphatic heterocycles. The molecule has 53 heavy (non-hydrogen) atoms. The van der Waals surface area contributed by atoms with Crippen LogP contribution in [0.4, 0.5) is 0 Å². The van der Waals surface area contributed by atoms with Crippen molar-refractivity contribution >= 4 is 0 Å². The van der Waals surface area contributed by atoms with Gasteiger partial charge < -0.3 is 4.48 Å². The zero-order valence-corrected chi connectivity index (χ0v) is 36.0. The highest BCUT2D eigenvalue weighted by Crippen LogP contribution is 2.23. The summed E-state index contributed by atoms with van der Waals surface area (Å²) in [7, 11) is 0. The minimum Gasteiger partial charge on any atom is -0.320 e. The Labute approximate surface area is 334 Å². The first-order valence-corrected chi connectivity index (χ1v) is 24.0. The van der Waals surface area contributed by atoms with Gasteiger partial charge in [-0.3, -0.25) is 0 Å². The van der Waals surface area contributed by atoms with Crippen molar-refractivity contribution in [1.29, 1.82) is 0 Å². The number of allylic oxidation sites excluding steroid dienone is 3. The monoisotopic (exact) mass is 733 g/mol. The van der Waals surface area contributed by atoms with Gasteiger partial charge in [0.25, 0.3) is 0 Å². The number of quaternary nitrogens is 1. The van der Waals surface area contributed by atoms with E-state index in [0.717, 1.165) is 0 Å². The number of hydrogen-bond acceptors (Lipinski definition) is 0. The Bertz CT molecular complexity index is 802. The Hall–Kier alpha value is -1.60. The molecule has 0 saturated heterocycles. The minimum atomic E-state index is 1.19. The molecule has 0 radical (unpaired) electrons. The molecule has 0 aliphatic carbocycles. The summed E-state index contributed by atoms with van der Waals surface area (Å²) in [5.41, 5.74) is 1.56. The predicted octanol–water partition coefficient (Wildman–Crippen LogP) is 17.6. The van der Waals surface area contributed by atoms with Crippen molar-refractivity contribution in [1.82, 2.24) is 0 Å². The van der Waals surface area contributed by atoms with E-state index in [0.29, 0.717) is 0 Å². The normalized spacial score (nSPS) is 11.6. The quantitative estimate of drug-likeness (QED) is 0.0356. The van der Waals surface area contributed by atoms with E-state index in [1.54, 1.807) is 5.56 Å². The van der Waals surface area contributed by atoms with Crippen molar-refractivity contribution in [3.63, 3.8) is 0 Å². The Morgan fingerprint density at radius 1 is 0.302 bits per heavy atom. The smallest absolute Gasteiger partial charge is 0.104 e. The van der Waals surface area contributed by atoms with Gasteiger partial charge in [0.05, 0.1) is 19.6 Å². The fourth-order valence-electron chi connectivity index (χ4n) is 8.52. The molecular formula is C52H94N+. The van der Waals surface area contributed by atoms with Gasteiger partial charge in [0.2, 0.25) is 0 Å². The lowest BCUT2D eigenvalue weighted by molar-refractivity contribution is -0.941. The number of unbranched alkanes of at least 4 members (excludes halogenated alkanes) is 33. The lowest BCUT2D eigenvalue weighted by Crippen LogP contribution is -2.49. The van der Waals surface area contributed by atoms with Crippen LogP contribution in [0.15, 0.2) is 68.3 Å². The van der Waals surface area contributed by atoms with Gasteiger partial charge in [0.1, 0.15) is 6.54 Å².